The molecule has 0 unspecified atom stereocenters. The monoisotopic (exact) mass is 165 g/mol. The van der Waals surface area contributed by atoms with Crippen molar-refractivity contribution in [1.29, 1.82) is 0 Å². The molecule has 0 saturated heterocycles. The van der Waals surface area contributed by atoms with Crippen molar-refractivity contribution in [2.75, 3.05) is 7.11 Å². The molecule has 3 nitrogen and oxygen atoms in total. The average molecular weight is 165 g/mol. The molecule has 0 N–H and O–H groups in total. The Morgan fingerprint density at radius 1 is 1.67 bits per heavy atom. The highest BCUT2D eigenvalue weighted by Gasteiger charge is 1.99. The lowest BCUT2D eigenvalue weighted by molar-refractivity contribution is -0.140. The molecule has 12 heavy (non-hydrogen) atoms. The second kappa shape index (κ2) is 4.49. The van der Waals surface area contributed by atoms with E-state index in [9.17, 15) is 4.79 Å². The fraction of sp³-hybridized carbons (Fsp3) is 0.333. The lowest BCUT2D eigenvalue weighted by Gasteiger charge is -1.98. The Kier molecular flexibility index (Phi) is 3.26. The van der Waals surface area contributed by atoms with E-state index in [0.29, 0.717) is 12.8 Å². The van der Waals surface area contributed by atoms with Gasteiger partial charge in [-0.05, 0) is 18.1 Å². The number of carbonyl (C=O) groups is 1. The summed E-state index contributed by atoms with van der Waals surface area (Å²) >= 11 is 0. The molecule has 0 bridgehead atoms. The Balaban J connectivity index is 2.38. The Labute approximate surface area is 71.4 Å². The zero-order valence-corrected chi connectivity index (χ0v) is 6.99. The van der Waals surface area contributed by atoms with Gasteiger partial charge in [0.15, 0.2) is 0 Å². The van der Waals surface area contributed by atoms with E-state index in [-0.39, 0.29) is 5.97 Å². The molecule has 0 aliphatic heterocycles. The van der Waals surface area contributed by atoms with Crippen LogP contribution in [0.5, 0.6) is 0 Å². The minimum atomic E-state index is -0.182. The van der Waals surface area contributed by atoms with Crippen LogP contribution >= 0.6 is 0 Å². The SMILES string of the molecule is COC(=O)CCc1cccnc1. The van der Waals surface area contributed by atoms with Gasteiger partial charge < -0.3 is 4.74 Å². The first-order valence-electron chi connectivity index (χ1n) is 3.78. The quantitative estimate of drug-likeness (QED) is 0.631. The number of esters is 1. The normalized spacial score (nSPS) is 9.42. The van der Waals surface area contributed by atoms with Gasteiger partial charge in [0.25, 0.3) is 0 Å². The molecule has 0 aromatic carbocycles. The zero-order valence-electron chi connectivity index (χ0n) is 6.99. The number of hydrogen-bond acceptors (Lipinski definition) is 3. The largest absolute Gasteiger partial charge is 0.469 e. The van der Waals surface area contributed by atoms with Crippen molar-refractivity contribution in [2.45, 2.75) is 12.8 Å². The highest BCUT2D eigenvalue weighted by molar-refractivity contribution is 5.69. The third-order valence-corrected chi connectivity index (χ3v) is 1.57. The molecule has 1 aromatic rings. The van der Waals surface area contributed by atoms with E-state index in [1.54, 1.807) is 12.4 Å². The lowest BCUT2D eigenvalue weighted by Crippen LogP contribution is -2.01. The van der Waals surface area contributed by atoms with Gasteiger partial charge in [-0.25, -0.2) is 0 Å². The van der Waals surface area contributed by atoms with E-state index in [1.165, 1.54) is 7.11 Å². The smallest absolute Gasteiger partial charge is 0.305 e. The van der Waals surface area contributed by atoms with E-state index in [0.717, 1.165) is 5.56 Å². The van der Waals surface area contributed by atoms with Crippen LogP contribution in [-0.4, -0.2) is 18.1 Å². The van der Waals surface area contributed by atoms with Crippen LogP contribution in [0.25, 0.3) is 0 Å². The van der Waals surface area contributed by atoms with Crippen molar-refractivity contribution < 1.29 is 9.53 Å². The number of hydrogen-bond donors (Lipinski definition) is 0. The topological polar surface area (TPSA) is 39.2 Å². The highest BCUT2D eigenvalue weighted by Crippen LogP contribution is 2.00. The highest BCUT2D eigenvalue weighted by atomic mass is 16.5. The van der Waals surface area contributed by atoms with Crippen molar-refractivity contribution in [3.8, 4) is 0 Å². The van der Waals surface area contributed by atoms with Crippen LogP contribution in [0.4, 0.5) is 0 Å². The maximum absolute atomic E-state index is 10.7. The summed E-state index contributed by atoms with van der Waals surface area (Å²) in [6, 6.07) is 3.79. The molecular formula is C9H11NO2. The maximum atomic E-state index is 10.7. The number of aryl methyl sites for hydroxylation is 1. The molecule has 0 aliphatic rings. The molecule has 0 saturated carbocycles. The van der Waals surface area contributed by atoms with E-state index in [4.69, 9.17) is 0 Å². The van der Waals surface area contributed by atoms with E-state index in [1.807, 2.05) is 12.1 Å². The summed E-state index contributed by atoms with van der Waals surface area (Å²) < 4.78 is 4.51. The second-order valence-corrected chi connectivity index (χ2v) is 2.44. The number of ether oxygens (including phenoxy) is 1. The first kappa shape index (κ1) is 8.71. The molecule has 0 radical (unpaired) electrons. The number of methoxy groups -OCH3 is 1. The minimum Gasteiger partial charge on any atom is -0.469 e. The predicted octanol–water partition coefficient (Wildman–Crippen LogP) is 1.19. The van der Waals surface area contributed by atoms with Crippen molar-refractivity contribution in [3.63, 3.8) is 0 Å². The molecule has 0 amide bonds. The van der Waals surface area contributed by atoms with Gasteiger partial charge in [0.2, 0.25) is 0 Å². The van der Waals surface area contributed by atoms with Crippen LogP contribution in [0.1, 0.15) is 12.0 Å². The van der Waals surface area contributed by atoms with Gasteiger partial charge in [-0.2, -0.15) is 0 Å². The van der Waals surface area contributed by atoms with Gasteiger partial charge in [-0.15, -0.1) is 0 Å². The van der Waals surface area contributed by atoms with Crippen LogP contribution in [-0.2, 0) is 16.0 Å². The summed E-state index contributed by atoms with van der Waals surface area (Å²) in [6.07, 6.45) is 4.58. The molecular weight excluding hydrogens is 154 g/mol. The summed E-state index contributed by atoms with van der Waals surface area (Å²) in [7, 11) is 1.39. The Morgan fingerprint density at radius 3 is 3.08 bits per heavy atom. The van der Waals surface area contributed by atoms with Gasteiger partial charge >= 0.3 is 5.97 Å². The van der Waals surface area contributed by atoms with Gasteiger partial charge in [0, 0.05) is 18.8 Å². The van der Waals surface area contributed by atoms with Crippen LogP contribution in [0.2, 0.25) is 0 Å². The number of rotatable bonds is 3. The standard InChI is InChI=1S/C9H11NO2/c1-12-9(11)5-4-8-3-2-6-10-7-8/h2-3,6-7H,4-5H2,1H3. The molecule has 0 spiro atoms. The number of carbonyl (C=O) groups excluding carboxylic acids is 1. The number of pyridine rings is 1. The van der Waals surface area contributed by atoms with Crippen molar-refractivity contribution in [1.82, 2.24) is 4.98 Å². The van der Waals surface area contributed by atoms with Crippen molar-refractivity contribution >= 4 is 5.97 Å². The van der Waals surface area contributed by atoms with Crippen LogP contribution in [0, 0.1) is 0 Å². The summed E-state index contributed by atoms with van der Waals surface area (Å²) in [5.74, 6) is -0.182. The van der Waals surface area contributed by atoms with Gasteiger partial charge in [0.1, 0.15) is 0 Å². The first-order valence-corrected chi connectivity index (χ1v) is 3.78. The summed E-state index contributed by atoms with van der Waals surface area (Å²) in [4.78, 5) is 14.7. The number of nitrogens with zero attached hydrogens (tertiary/aromatic N) is 1. The molecule has 1 rings (SSSR count). The Morgan fingerprint density at radius 2 is 2.50 bits per heavy atom. The zero-order chi connectivity index (χ0) is 8.81. The van der Waals surface area contributed by atoms with Crippen molar-refractivity contribution in [3.05, 3.63) is 30.1 Å². The first-order chi connectivity index (χ1) is 5.83. The third kappa shape index (κ3) is 2.70. The summed E-state index contributed by atoms with van der Waals surface area (Å²) in [6.45, 7) is 0. The maximum Gasteiger partial charge on any atom is 0.305 e. The molecule has 0 fully saturated rings. The molecule has 1 heterocycles. The number of aromatic nitrogens is 1. The molecule has 64 valence electrons. The van der Waals surface area contributed by atoms with E-state index in [2.05, 4.69) is 9.72 Å². The van der Waals surface area contributed by atoms with Gasteiger partial charge in [-0.1, -0.05) is 6.07 Å². The fourth-order valence-electron chi connectivity index (χ4n) is 0.894. The van der Waals surface area contributed by atoms with Crippen LogP contribution in [0.15, 0.2) is 24.5 Å². The summed E-state index contributed by atoms with van der Waals surface area (Å²) in [5, 5.41) is 0. The minimum absolute atomic E-state index is 0.182. The van der Waals surface area contributed by atoms with E-state index < -0.39 is 0 Å². The lowest BCUT2D eigenvalue weighted by atomic mass is 10.2. The molecule has 1 aromatic heterocycles. The molecule has 0 atom stereocenters. The van der Waals surface area contributed by atoms with Crippen LogP contribution in [0.3, 0.4) is 0 Å². The molecule has 3 heteroatoms. The van der Waals surface area contributed by atoms with Gasteiger partial charge in [0.05, 0.1) is 7.11 Å². The van der Waals surface area contributed by atoms with E-state index >= 15 is 0 Å². The Hall–Kier alpha value is -1.38. The average Bonchev–Trinajstić information content (AvgIpc) is 2.16. The fourth-order valence-corrected chi connectivity index (χ4v) is 0.894. The van der Waals surface area contributed by atoms with Gasteiger partial charge in [-0.3, -0.25) is 9.78 Å². The molecule has 0 aliphatic carbocycles. The predicted molar refractivity (Wildman–Crippen MR) is 44.6 cm³/mol. The summed E-state index contributed by atoms with van der Waals surface area (Å²) in [5.41, 5.74) is 1.06. The van der Waals surface area contributed by atoms with Crippen LogP contribution < -0.4 is 0 Å². The Bertz CT molecular complexity index is 246. The van der Waals surface area contributed by atoms with Crippen molar-refractivity contribution in [2.24, 2.45) is 0 Å². The second-order valence-electron chi connectivity index (χ2n) is 2.44. The third-order valence-electron chi connectivity index (χ3n) is 1.57.